The molecule has 2 N–H and O–H groups in total. The largest absolute Gasteiger partial charge is 0.492 e. The Bertz CT molecular complexity index is 1460. The van der Waals surface area contributed by atoms with E-state index < -0.39 is 0 Å². The molecule has 0 amide bonds. The Morgan fingerprint density at radius 2 is 1.90 bits per heavy atom. The maximum absolute atomic E-state index is 6.88. The smallest absolute Gasteiger partial charge is 0.166 e. The Labute approximate surface area is 241 Å². The van der Waals surface area contributed by atoms with Gasteiger partial charge in [0.15, 0.2) is 17.0 Å². The molecule has 0 bridgehead atoms. The predicted octanol–water partition coefficient (Wildman–Crippen LogP) is 5.03. The highest BCUT2D eigenvalue weighted by molar-refractivity contribution is 6.33. The molecule has 1 fully saturated rings. The van der Waals surface area contributed by atoms with Gasteiger partial charge >= 0.3 is 0 Å². The standard InChI is InChI=1S/C30H39ClN8O/c1-20-8-9-33-22(16-20)18-39-28(37-26-27(34-19-35-29(26)39)36-21(2)30(3,4)5)24-7-6-23(17-25(24)31)40-15-14-38-12-10-32-11-13-38/h6-9,16-17,19,21,32H,10-15,18H2,1-5H3,(H,34,35,36)/t21-/m0/s1. The molecule has 0 unspecified atom stereocenters. The van der Waals surface area contributed by atoms with Crippen LogP contribution in [0.5, 0.6) is 5.75 Å². The van der Waals surface area contributed by atoms with E-state index in [2.05, 4.69) is 75.7 Å². The van der Waals surface area contributed by atoms with E-state index in [0.717, 1.165) is 60.9 Å². The summed E-state index contributed by atoms with van der Waals surface area (Å²) in [4.78, 5) is 21.3. The quantitative estimate of drug-likeness (QED) is 0.293. The SMILES string of the molecule is Cc1ccnc(Cn2c(-c3ccc(OCCN4CCNCC4)cc3Cl)nc3c(N[C@@H](C)C(C)(C)C)ncnc32)c1. The molecule has 4 heterocycles. The van der Waals surface area contributed by atoms with Crippen molar-refractivity contribution < 1.29 is 4.74 Å². The molecule has 40 heavy (non-hydrogen) atoms. The lowest BCUT2D eigenvalue weighted by atomic mass is 9.88. The van der Waals surface area contributed by atoms with Gasteiger partial charge in [0.25, 0.3) is 0 Å². The fourth-order valence-corrected chi connectivity index (χ4v) is 4.92. The lowest BCUT2D eigenvalue weighted by Gasteiger charge is -2.28. The average molecular weight is 563 g/mol. The number of nitrogens with one attached hydrogen (secondary N) is 2. The first-order valence-electron chi connectivity index (χ1n) is 13.9. The minimum atomic E-state index is 0.0399. The van der Waals surface area contributed by atoms with Gasteiger partial charge in [0.2, 0.25) is 0 Å². The van der Waals surface area contributed by atoms with Crippen LogP contribution in [-0.2, 0) is 6.54 Å². The zero-order valence-corrected chi connectivity index (χ0v) is 24.8. The van der Waals surface area contributed by atoms with E-state index in [9.17, 15) is 0 Å². The Kier molecular flexibility index (Phi) is 8.54. The Balaban J connectivity index is 1.48. The Morgan fingerprint density at radius 1 is 1.10 bits per heavy atom. The number of hydrogen-bond acceptors (Lipinski definition) is 8. The normalized spacial score (nSPS) is 15.3. The van der Waals surface area contributed by atoms with E-state index in [-0.39, 0.29) is 11.5 Å². The summed E-state index contributed by atoms with van der Waals surface area (Å²) in [5.41, 5.74) is 4.33. The number of nitrogens with zero attached hydrogens (tertiary/aromatic N) is 6. The third-order valence-electron chi connectivity index (χ3n) is 7.54. The van der Waals surface area contributed by atoms with Crippen molar-refractivity contribution in [2.75, 3.05) is 44.6 Å². The fourth-order valence-electron chi connectivity index (χ4n) is 4.66. The Hall–Kier alpha value is -3.27. The lowest BCUT2D eigenvalue weighted by molar-refractivity contribution is 0.191. The van der Waals surface area contributed by atoms with Crippen LogP contribution in [0.3, 0.4) is 0 Å². The van der Waals surface area contributed by atoms with Crippen LogP contribution in [0.25, 0.3) is 22.6 Å². The third-order valence-corrected chi connectivity index (χ3v) is 7.86. The molecule has 9 nitrogen and oxygen atoms in total. The van der Waals surface area contributed by atoms with Gasteiger partial charge in [-0.3, -0.25) is 9.88 Å². The summed E-state index contributed by atoms with van der Waals surface area (Å²) >= 11 is 6.88. The molecule has 0 spiro atoms. The van der Waals surface area contributed by atoms with Crippen LogP contribution in [-0.4, -0.2) is 74.8 Å². The van der Waals surface area contributed by atoms with Crippen LogP contribution in [0, 0.1) is 12.3 Å². The summed E-state index contributed by atoms with van der Waals surface area (Å²) in [6.45, 7) is 17.0. The number of fused-ring (bicyclic) bond motifs is 1. The number of piperazine rings is 1. The third kappa shape index (κ3) is 6.54. The van der Waals surface area contributed by atoms with Gasteiger partial charge in [0.1, 0.15) is 24.5 Å². The maximum atomic E-state index is 6.88. The molecular formula is C30H39ClN8O. The van der Waals surface area contributed by atoms with E-state index in [4.69, 9.17) is 21.3 Å². The molecule has 0 saturated carbocycles. The summed E-state index contributed by atoms with van der Waals surface area (Å²) in [7, 11) is 0. The summed E-state index contributed by atoms with van der Waals surface area (Å²) in [5.74, 6) is 2.16. The van der Waals surface area contributed by atoms with Crippen molar-refractivity contribution in [3.05, 3.63) is 59.1 Å². The molecule has 1 aliphatic rings. The maximum Gasteiger partial charge on any atom is 0.166 e. The van der Waals surface area contributed by atoms with Crippen molar-refractivity contribution in [3.8, 4) is 17.1 Å². The van der Waals surface area contributed by atoms with E-state index in [1.54, 1.807) is 6.33 Å². The number of benzene rings is 1. The zero-order valence-electron chi connectivity index (χ0n) is 24.0. The van der Waals surface area contributed by atoms with E-state index in [1.807, 2.05) is 30.5 Å². The summed E-state index contributed by atoms with van der Waals surface area (Å²) in [6, 6.07) is 10.0. The molecule has 5 rings (SSSR count). The topological polar surface area (TPSA) is 93.0 Å². The minimum absolute atomic E-state index is 0.0399. The van der Waals surface area contributed by atoms with Gasteiger partial charge in [0.05, 0.1) is 17.3 Å². The molecule has 212 valence electrons. The molecule has 1 saturated heterocycles. The number of ether oxygens (including phenoxy) is 1. The van der Waals surface area contributed by atoms with Crippen molar-refractivity contribution in [3.63, 3.8) is 0 Å². The second kappa shape index (κ2) is 12.1. The van der Waals surface area contributed by atoms with Crippen molar-refractivity contribution in [1.82, 2.24) is 34.7 Å². The number of imidazole rings is 1. The van der Waals surface area contributed by atoms with E-state index in [1.165, 1.54) is 0 Å². The summed E-state index contributed by atoms with van der Waals surface area (Å²) in [6.07, 6.45) is 3.42. The van der Waals surface area contributed by atoms with Gasteiger partial charge < -0.3 is 19.9 Å². The summed E-state index contributed by atoms with van der Waals surface area (Å²) < 4.78 is 8.12. The molecule has 1 aliphatic heterocycles. The van der Waals surface area contributed by atoms with Crippen molar-refractivity contribution in [2.24, 2.45) is 5.41 Å². The van der Waals surface area contributed by atoms with Crippen LogP contribution in [0.1, 0.15) is 39.0 Å². The number of rotatable bonds is 9. The van der Waals surface area contributed by atoms with Gasteiger partial charge in [-0.2, -0.15) is 0 Å². The predicted molar refractivity (Wildman–Crippen MR) is 161 cm³/mol. The van der Waals surface area contributed by atoms with Crippen molar-refractivity contribution in [1.29, 1.82) is 0 Å². The van der Waals surface area contributed by atoms with Crippen LogP contribution >= 0.6 is 11.6 Å². The highest BCUT2D eigenvalue weighted by Gasteiger charge is 2.24. The molecule has 1 aromatic carbocycles. The molecule has 4 aromatic rings. The molecule has 1 atom stereocenters. The van der Waals surface area contributed by atoms with Crippen LogP contribution < -0.4 is 15.4 Å². The molecule has 0 radical (unpaired) electrons. The second-order valence-corrected chi connectivity index (χ2v) is 12.0. The first-order valence-corrected chi connectivity index (χ1v) is 14.3. The number of aryl methyl sites for hydroxylation is 1. The first kappa shape index (κ1) is 28.3. The number of anilines is 1. The van der Waals surface area contributed by atoms with Gasteiger partial charge in [-0.25, -0.2) is 15.0 Å². The van der Waals surface area contributed by atoms with Gasteiger partial charge in [-0.15, -0.1) is 0 Å². The molecular weight excluding hydrogens is 524 g/mol. The number of hydrogen-bond donors (Lipinski definition) is 2. The van der Waals surface area contributed by atoms with Crippen molar-refractivity contribution >= 4 is 28.6 Å². The molecule has 10 heteroatoms. The molecule has 0 aliphatic carbocycles. The van der Waals surface area contributed by atoms with Gasteiger partial charge in [0, 0.05) is 50.5 Å². The number of pyridine rings is 1. The second-order valence-electron chi connectivity index (χ2n) is 11.6. The van der Waals surface area contributed by atoms with E-state index in [0.29, 0.717) is 35.3 Å². The first-order chi connectivity index (χ1) is 19.2. The summed E-state index contributed by atoms with van der Waals surface area (Å²) in [5, 5.41) is 7.51. The Morgan fingerprint density at radius 3 is 2.62 bits per heavy atom. The van der Waals surface area contributed by atoms with Crippen molar-refractivity contribution in [2.45, 2.75) is 47.2 Å². The number of halogens is 1. The lowest BCUT2D eigenvalue weighted by Crippen LogP contribution is -2.44. The monoisotopic (exact) mass is 562 g/mol. The van der Waals surface area contributed by atoms with E-state index >= 15 is 0 Å². The van der Waals surface area contributed by atoms with Gasteiger partial charge in [-0.05, 0) is 55.2 Å². The van der Waals surface area contributed by atoms with Gasteiger partial charge in [-0.1, -0.05) is 32.4 Å². The highest BCUT2D eigenvalue weighted by atomic mass is 35.5. The average Bonchev–Trinajstić information content (AvgIpc) is 3.28. The molecule has 3 aromatic heterocycles. The van der Waals surface area contributed by atoms with Crippen LogP contribution in [0.4, 0.5) is 5.82 Å². The zero-order chi connectivity index (χ0) is 28.3. The van der Waals surface area contributed by atoms with Crippen LogP contribution in [0.15, 0.2) is 42.9 Å². The van der Waals surface area contributed by atoms with Crippen LogP contribution in [0.2, 0.25) is 5.02 Å². The minimum Gasteiger partial charge on any atom is -0.492 e. The fraction of sp³-hybridized carbons (Fsp3) is 0.467. The highest BCUT2D eigenvalue weighted by Crippen LogP contribution is 2.35. The number of aromatic nitrogens is 5.